The lowest BCUT2D eigenvalue weighted by molar-refractivity contribution is -0.124. The zero-order valence-electron chi connectivity index (χ0n) is 15.4. The highest BCUT2D eigenvalue weighted by atomic mass is 35.5. The van der Waals surface area contributed by atoms with E-state index in [0.29, 0.717) is 40.9 Å². The van der Waals surface area contributed by atoms with Gasteiger partial charge in [0.1, 0.15) is 17.5 Å². The van der Waals surface area contributed by atoms with Crippen LogP contribution in [0.5, 0.6) is 11.5 Å². The van der Waals surface area contributed by atoms with E-state index in [4.69, 9.17) is 21.1 Å². The normalized spacial score (nSPS) is 17.0. The third kappa shape index (κ3) is 3.71. The Hall–Kier alpha value is -2.73. The van der Waals surface area contributed by atoms with Gasteiger partial charge in [0.25, 0.3) is 5.91 Å². The first-order valence-electron chi connectivity index (χ1n) is 8.56. The number of carbonyl (C=O) groups is 2. The van der Waals surface area contributed by atoms with Crippen LogP contribution >= 0.6 is 11.6 Å². The van der Waals surface area contributed by atoms with Crippen LogP contribution < -0.4 is 14.4 Å². The van der Waals surface area contributed by atoms with E-state index >= 15 is 0 Å². The van der Waals surface area contributed by atoms with Gasteiger partial charge in [-0.15, -0.1) is 0 Å². The number of piperazine rings is 1. The lowest BCUT2D eigenvalue weighted by atomic mass is 10.1. The molecule has 6 nitrogen and oxygen atoms in total. The molecular formula is C20H21ClN2O4. The van der Waals surface area contributed by atoms with Crippen LogP contribution in [0.1, 0.15) is 17.3 Å². The summed E-state index contributed by atoms with van der Waals surface area (Å²) in [6.45, 7) is 2.49. The van der Waals surface area contributed by atoms with Crippen LogP contribution in [-0.4, -0.2) is 50.1 Å². The fraction of sp³-hybridized carbons (Fsp3) is 0.300. The zero-order chi connectivity index (χ0) is 19.6. The highest BCUT2D eigenvalue weighted by Gasteiger charge is 2.36. The van der Waals surface area contributed by atoms with Crippen LogP contribution in [0.3, 0.4) is 0 Å². The molecule has 1 atom stereocenters. The highest BCUT2D eigenvalue weighted by molar-refractivity contribution is 6.33. The third-order valence-corrected chi connectivity index (χ3v) is 5.00. The van der Waals surface area contributed by atoms with Gasteiger partial charge in [-0.2, -0.15) is 0 Å². The minimum atomic E-state index is -0.611. The Morgan fingerprint density at radius 2 is 1.70 bits per heavy atom. The largest absolute Gasteiger partial charge is 0.497 e. The van der Waals surface area contributed by atoms with Crippen molar-refractivity contribution in [2.24, 2.45) is 0 Å². The van der Waals surface area contributed by atoms with Crippen LogP contribution in [0, 0.1) is 0 Å². The van der Waals surface area contributed by atoms with E-state index in [1.165, 1.54) is 0 Å². The van der Waals surface area contributed by atoms with Gasteiger partial charge in [-0.1, -0.05) is 23.7 Å². The van der Waals surface area contributed by atoms with Crippen molar-refractivity contribution in [1.82, 2.24) is 4.90 Å². The summed E-state index contributed by atoms with van der Waals surface area (Å²) in [7, 11) is 3.12. The van der Waals surface area contributed by atoms with E-state index in [9.17, 15) is 9.59 Å². The van der Waals surface area contributed by atoms with Crippen molar-refractivity contribution in [3.8, 4) is 11.5 Å². The van der Waals surface area contributed by atoms with Crippen LogP contribution in [0.2, 0.25) is 5.02 Å². The molecule has 3 rings (SSSR count). The number of rotatable bonds is 4. The molecule has 0 aliphatic carbocycles. The quantitative estimate of drug-likeness (QED) is 0.806. The molecule has 0 aromatic heterocycles. The first-order chi connectivity index (χ1) is 13.0. The monoisotopic (exact) mass is 388 g/mol. The molecule has 0 N–H and O–H groups in total. The van der Waals surface area contributed by atoms with E-state index in [-0.39, 0.29) is 11.8 Å². The molecule has 27 heavy (non-hydrogen) atoms. The highest BCUT2D eigenvalue weighted by Crippen LogP contribution is 2.31. The van der Waals surface area contributed by atoms with Crippen molar-refractivity contribution in [1.29, 1.82) is 0 Å². The topological polar surface area (TPSA) is 59.1 Å². The minimum Gasteiger partial charge on any atom is -0.497 e. The van der Waals surface area contributed by atoms with E-state index < -0.39 is 6.04 Å². The number of amides is 2. The molecule has 0 spiro atoms. The summed E-state index contributed by atoms with van der Waals surface area (Å²) in [6.07, 6.45) is 0. The van der Waals surface area contributed by atoms with Crippen LogP contribution in [0.15, 0.2) is 42.5 Å². The van der Waals surface area contributed by atoms with Crippen LogP contribution in [-0.2, 0) is 4.79 Å². The number of halogens is 1. The van der Waals surface area contributed by atoms with E-state index in [1.807, 2.05) is 0 Å². The van der Waals surface area contributed by atoms with Crippen molar-refractivity contribution < 1.29 is 19.1 Å². The molecule has 1 fully saturated rings. The molecule has 7 heteroatoms. The number of anilines is 1. The Morgan fingerprint density at radius 3 is 2.30 bits per heavy atom. The molecule has 0 saturated carbocycles. The van der Waals surface area contributed by atoms with Gasteiger partial charge >= 0.3 is 0 Å². The van der Waals surface area contributed by atoms with Gasteiger partial charge in [-0.3, -0.25) is 9.59 Å². The maximum absolute atomic E-state index is 13.0. The van der Waals surface area contributed by atoms with Gasteiger partial charge in [0.05, 0.1) is 30.5 Å². The molecule has 1 aliphatic rings. The number of benzene rings is 2. The lowest BCUT2D eigenvalue weighted by Crippen LogP contribution is -2.57. The number of hydrogen-bond donors (Lipinski definition) is 0. The molecule has 1 aliphatic heterocycles. The number of methoxy groups -OCH3 is 2. The van der Waals surface area contributed by atoms with Gasteiger partial charge in [0.15, 0.2) is 0 Å². The fourth-order valence-electron chi connectivity index (χ4n) is 3.14. The van der Waals surface area contributed by atoms with Crippen molar-refractivity contribution in [3.63, 3.8) is 0 Å². The number of hydrogen-bond acceptors (Lipinski definition) is 4. The Bertz CT molecular complexity index is 849. The summed E-state index contributed by atoms with van der Waals surface area (Å²) < 4.78 is 10.6. The lowest BCUT2D eigenvalue weighted by Gasteiger charge is -2.39. The Morgan fingerprint density at radius 1 is 1.07 bits per heavy atom. The summed E-state index contributed by atoms with van der Waals surface area (Å²) in [5.74, 6) is 0.778. The van der Waals surface area contributed by atoms with Crippen LogP contribution in [0.25, 0.3) is 0 Å². The maximum atomic E-state index is 13.0. The van der Waals surface area contributed by atoms with E-state index in [0.717, 1.165) is 0 Å². The molecule has 1 unspecified atom stereocenters. The number of ether oxygens (including phenoxy) is 2. The number of carbonyl (C=O) groups excluding carboxylic acids is 2. The average Bonchev–Trinajstić information content (AvgIpc) is 2.69. The molecular weight excluding hydrogens is 368 g/mol. The van der Waals surface area contributed by atoms with Gasteiger partial charge in [-0.05, 0) is 19.1 Å². The Balaban J connectivity index is 1.85. The molecule has 1 saturated heterocycles. The van der Waals surface area contributed by atoms with E-state index in [1.54, 1.807) is 73.4 Å². The van der Waals surface area contributed by atoms with Crippen molar-refractivity contribution in [2.45, 2.75) is 13.0 Å². The van der Waals surface area contributed by atoms with Gasteiger partial charge in [0, 0.05) is 31.3 Å². The molecule has 2 amide bonds. The van der Waals surface area contributed by atoms with Gasteiger partial charge < -0.3 is 19.3 Å². The predicted octanol–water partition coefficient (Wildman–Crippen LogP) is 3.23. The summed E-state index contributed by atoms with van der Waals surface area (Å²) in [6, 6.07) is 11.5. The second kappa shape index (κ2) is 7.88. The molecule has 2 aromatic carbocycles. The van der Waals surface area contributed by atoms with Crippen molar-refractivity contribution >= 4 is 29.1 Å². The predicted molar refractivity (Wildman–Crippen MR) is 104 cm³/mol. The molecule has 142 valence electrons. The Labute approximate surface area is 163 Å². The standard InChI is InChI=1S/C20H21ClN2O4/c1-13-19(24)23(14-10-15(26-2)12-16(11-14)27-3)9-8-22(13)20(25)17-6-4-5-7-18(17)21/h4-7,10-13H,8-9H2,1-3H3. The first-order valence-corrected chi connectivity index (χ1v) is 8.94. The summed E-state index contributed by atoms with van der Waals surface area (Å²) in [5.41, 5.74) is 1.07. The maximum Gasteiger partial charge on any atom is 0.256 e. The molecule has 1 heterocycles. The van der Waals surface area contributed by atoms with Crippen LogP contribution in [0.4, 0.5) is 5.69 Å². The van der Waals surface area contributed by atoms with E-state index in [2.05, 4.69) is 0 Å². The molecule has 0 bridgehead atoms. The molecule has 2 aromatic rings. The number of nitrogens with zero attached hydrogens (tertiary/aromatic N) is 2. The van der Waals surface area contributed by atoms with Gasteiger partial charge in [0.2, 0.25) is 5.91 Å². The van der Waals surface area contributed by atoms with Crippen molar-refractivity contribution in [3.05, 3.63) is 53.1 Å². The second-order valence-corrected chi connectivity index (χ2v) is 6.62. The van der Waals surface area contributed by atoms with Crippen molar-refractivity contribution in [2.75, 3.05) is 32.2 Å². The Kier molecular flexibility index (Phi) is 5.56. The van der Waals surface area contributed by atoms with Gasteiger partial charge in [-0.25, -0.2) is 0 Å². The average molecular weight is 389 g/mol. The third-order valence-electron chi connectivity index (χ3n) is 4.67. The summed E-state index contributed by atoms with van der Waals surface area (Å²) >= 11 is 6.14. The fourth-order valence-corrected chi connectivity index (χ4v) is 3.36. The molecule has 0 radical (unpaired) electrons. The second-order valence-electron chi connectivity index (χ2n) is 6.22. The smallest absolute Gasteiger partial charge is 0.256 e. The first kappa shape index (κ1) is 19.0. The SMILES string of the molecule is COc1cc(OC)cc(N2CCN(C(=O)c3ccccc3Cl)C(C)C2=O)c1. The minimum absolute atomic E-state index is 0.169. The summed E-state index contributed by atoms with van der Waals surface area (Å²) in [4.78, 5) is 29.0. The summed E-state index contributed by atoms with van der Waals surface area (Å²) in [5, 5.41) is 0.377. The zero-order valence-corrected chi connectivity index (χ0v) is 16.2.